The average Bonchev–Trinajstić information content (AvgIpc) is 3.16. The van der Waals surface area contributed by atoms with Gasteiger partial charge in [0.05, 0.1) is 17.7 Å². The van der Waals surface area contributed by atoms with E-state index in [4.69, 9.17) is 4.74 Å². The lowest BCUT2D eigenvalue weighted by Gasteiger charge is -2.35. The number of carbonyl (C=O) groups is 1. The Labute approximate surface area is 154 Å². The maximum absolute atomic E-state index is 12.7. The molecule has 1 saturated heterocycles. The van der Waals surface area contributed by atoms with E-state index in [2.05, 4.69) is 15.7 Å². The number of halogens is 1. The van der Waals surface area contributed by atoms with Crippen LogP contribution in [0.3, 0.4) is 0 Å². The molecular weight excluding hydrogens is 340 g/mol. The minimum atomic E-state index is -0.408. The summed E-state index contributed by atoms with van der Waals surface area (Å²) in [6, 6.07) is 9.93. The summed E-state index contributed by atoms with van der Waals surface area (Å²) >= 11 is 0. The molecule has 0 unspecified atom stereocenters. The van der Waals surface area contributed by atoms with Crippen molar-refractivity contribution in [2.45, 2.75) is 19.4 Å². The minimum absolute atomic E-state index is 0. The first-order chi connectivity index (χ1) is 11.7. The van der Waals surface area contributed by atoms with E-state index in [1.165, 1.54) is 0 Å². The van der Waals surface area contributed by atoms with Crippen molar-refractivity contribution in [3.05, 3.63) is 48.3 Å². The second-order valence-corrected chi connectivity index (χ2v) is 6.26. The quantitative estimate of drug-likeness (QED) is 0.821. The molecule has 3 rings (SSSR count). The molecule has 2 N–H and O–H groups in total. The first-order valence-corrected chi connectivity index (χ1v) is 8.30. The van der Waals surface area contributed by atoms with Gasteiger partial charge in [0.25, 0.3) is 0 Å². The summed E-state index contributed by atoms with van der Waals surface area (Å²) in [6.07, 6.45) is 5.28. The summed E-state index contributed by atoms with van der Waals surface area (Å²) in [5.41, 5.74) is 1.67. The van der Waals surface area contributed by atoms with E-state index in [1.54, 1.807) is 13.3 Å². The Morgan fingerprint density at radius 3 is 2.64 bits per heavy atom. The first-order valence-electron chi connectivity index (χ1n) is 8.30. The largest absolute Gasteiger partial charge is 0.384 e. The zero-order valence-corrected chi connectivity index (χ0v) is 15.2. The SMILES string of the molecule is COCC1(C(=O)NCc2ccc(-n3cccn3)cc2)CCNCC1.Cl. The topological polar surface area (TPSA) is 68.2 Å². The number of nitrogens with one attached hydrogen (secondary N) is 2. The zero-order chi connectivity index (χ0) is 16.8. The van der Waals surface area contributed by atoms with Gasteiger partial charge in [-0.05, 0) is 49.7 Å². The number of aromatic nitrogens is 2. The predicted octanol–water partition coefficient (Wildman–Crippen LogP) is 1.93. The molecule has 25 heavy (non-hydrogen) atoms. The number of ether oxygens (including phenoxy) is 1. The fourth-order valence-electron chi connectivity index (χ4n) is 3.18. The number of hydrogen-bond acceptors (Lipinski definition) is 4. The lowest BCUT2D eigenvalue weighted by Crippen LogP contribution is -2.49. The third-order valence-corrected chi connectivity index (χ3v) is 4.62. The van der Waals surface area contributed by atoms with Gasteiger partial charge in [-0.1, -0.05) is 12.1 Å². The second-order valence-electron chi connectivity index (χ2n) is 6.26. The van der Waals surface area contributed by atoms with Crippen molar-refractivity contribution in [2.24, 2.45) is 5.41 Å². The van der Waals surface area contributed by atoms with Crippen LogP contribution in [0.15, 0.2) is 42.7 Å². The molecule has 0 aliphatic carbocycles. The van der Waals surface area contributed by atoms with Crippen LogP contribution in [-0.2, 0) is 16.1 Å². The second kappa shape index (κ2) is 8.99. The van der Waals surface area contributed by atoms with Gasteiger partial charge in [-0.25, -0.2) is 4.68 Å². The molecule has 0 bridgehead atoms. The van der Waals surface area contributed by atoms with Crippen molar-refractivity contribution in [3.8, 4) is 5.69 Å². The Hall–Kier alpha value is -1.89. The van der Waals surface area contributed by atoms with Crippen LogP contribution >= 0.6 is 12.4 Å². The summed E-state index contributed by atoms with van der Waals surface area (Å²) in [6.45, 7) is 2.71. The average molecular weight is 365 g/mol. The molecule has 1 aliphatic rings. The zero-order valence-electron chi connectivity index (χ0n) is 14.4. The number of benzene rings is 1. The van der Waals surface area contributed by atoms with Gasteiger partial charge in [-0.2, -0.15) is 5.10 Å². The Bertz CT molecular complexity index is 647. The molecule has 2 heterocycles. The Balaban J connectivity index is 0.00000225. The highest BCUT2D eigenvalue weighted by molar-refractivity contribution is 5.85. The van der Waals surface area contributed by atoms with E-state index >= 15 is 0 Å². The smallest absolute Gasteiger partial charge is 0.228 e. The molecule has 136 valence electrons. The van der Waals surface area contributed by atoms with Crippen molar-refractivity contribution in [1.29, 1.82) is 0 Å². The van der Waals surface area contributed by atoms with Crippen LogP contribution in [0.5, 0.6) is 0 Å². The van der Waals surface area contributed by atoms with Gasteiger partial charge in [0.15, 0.2) is 0 Å². The van der Waals surface area contributed by atoms with Crippen molar-refractivity contribution in [3.63, 3.8) is 0 Å². The number of methoxy groups -OCH3 is 1. The molecule has 2 aromatic rings. The number of piperidine rings is 1. The third kappa shape index (κ3) is 4.60. The van der Waals surface area contributed by atoms with Crippen LogP contribution in [0.1, 0.15) is 18.4 Å². The van der Waals surface area contributed by atoms with Crippen LogP contribution in [0.25, 0.3) is 5.69 Å². The number of carbonyl (C=O) groups excluding carboxylic acids is 1. The highest BCUT2D eigenvalue weighted by atomic mass is 35.5. The lowest BCUT2D eigenvalue weighted by molar-refractivity contribution is -0.136. The van der Waals surface area contributed by atoms with Gasteiger partial charge >= 0.3 is 0 Å². The van der Waals surface area contributed by atoms with Crippen LogP contribution in [0, 0.1) is 5.41 Å². The van der Waals surface area contributed by atoms with Crippen molar-refractivity contribution in [1.82, 2.24) is 20.4 Å². The molecule has 0 radical (unpaired) electrons. The van der Waals surface area contributed by atoms with E-state index in [0.717, 1.165) is 37.2 Å². The molecule has 0 spiro atoms. The van der Waals surface area contributed by atoms with Crippen LogP contribution in [0.4, 0.5) is 0 Å². The molecule has 1 fully saturated rings. The van der Waals surface area contributed by atoms with E-state index in [0.29, 0.717) is 13.2 Å². The van der Waals surface area contributed by atoms with E-state index in [-0.39, 0.29) is 18.3 Å². The molecule has 1 aliphatic heterocycles. The Kier molecular flexibility index (Phi) is 6.99. The van der Waals surface area contributed by atoms with E-state index in [1.807, 2.05) is 41.2 Å². The number of hydrogen-bond donors (Lipinski definition) is 2. The normalized spacial score (nSPS) is 16.0. The number of nitrogens with zero attached hydrogens (tertiary/aromatic N) is 2. The van der Waals surface area contributed by atoms with Crippen molar-refractivity contribution < 1.29 is 9.53 Å². The number of amides is 1. The van der Waals surface area contributed by atoms with Crippen LogP contribution < -0.4 is 10.6 Å². The first kappa shape index (κ1) is 19.4. The van der Waals surface area contributed by atoms with Gasteiger partial charge in [0.2, 0.25) is 5.91 Å². The van der Waals surface area contributed by atoms with Gasteiger partial charge in [0, 0.05) is 26.0 Å². The summed E-state index contributed by atoms with van der Waals surface area (Å²) in [5, 5.41) is 10.6. The molecule has 6 nitrogen and oxygen atoms in total. The molecule has 0 atom stereocenters. The summed E-state index contributed by atoms with van der Waals surface area (Å²) in [5.74, 6) is 0.0852. The summed E-state index contributed by atoms with van der Waals surface area (Å²) in [4.78, 5) is 12.7. The highest BCUT2D eigenvalue weighted by Gasteiger charge is 2.39. The molecule has 7 heteroatoms. The van der Waals surface area contributed by atoms with E-state index in [9.17, 15) is 4.79 Å². The van der Waals surface area contributed by atoms with Gasteiger partial charge < -0.3 is 15.4 Å². The molecule has 1 aromatic heterocycles. The third-order valence-electron chi connectivity index (χ3n) is 4.62. The van der Waals surface area contributed by atoms with E-state index < -0.39 is 5.41 Å². The number of rotatable bonds is 6. The maximum atomic E-state index is 12.7. The van der Waals surface area contributed by atoms with Crippen LogP contribution in [-0.4, -0.2) is 42.5 Å². The Morgan fingerprint density at radius 1 is 1.32 bits per heavy atom. The molecule has 1 amide bonds. The molecule has 0 saturated carbocycles. The van der Waals surface area contributed by atoms with Crippen LogP contribution in [0.2, 0.25) is 0 Å². The van der Waals surface area contributed by atoms with Gasteiger partial charge in [-0.15, -0.1) is 12.4 Å². The molecular formula is C18H25ClN4O2. The van der Waals surface area contributed by atoms with Gasteiger partial charge in [-0.3, -0.25) is 4.79 Å². The standard InChI is InChI=1S/C18H24N4O2.ClH/c1-24-14-18(7-10-19-11-8-18)17(23)20-13-15-3-5-16(6-4-15)22-12-2-9-21-22;/h2-6,9,12,19H,7-8,10-11,13-14H2,1H3,(H,20,23);1H. The maximum Gasteiger partial charge on any atom is 0.228 e. The molecule has 1 aromatic carbocycles. The fourth-order valence-corrected chi connectivity index (χ4v) is 3.18. The van der Waals surface area contributed by atoms with Crippen molar-refractivity contribution in [2.75, 3.05) is 26.8 Å². The highest BCUT2D eigenvalue weighted by Crippen LogP contribution is 2.29. The lowest BCUT2D eigenvalue weighted by atomic mass is 9.78. The summed E-state index contributed by atoms with van der Waals surface area (Å²) in [7, 11) is 1.66. The summed E-state index contributed by atoms with van der Waals surface area (Å²) < 4.78 is 7.13. The predicted molar refractivity (Wildman–Crippen MR) is 99.1 cm³/mol. The fraction of sp³-hybridized carbons (Fsp3) is 0.444. The Morgan fingerprint density at radius 2 is 2.04 bits per heavy atom. The monoisotopic (exact) mass is 364 g/mol. The van der Waals surface area contributed by atoms with Crippen molar-refractivity contribution >= 4 is 18.3 Å². The minimum Gasteiger partial charge on any atom is -0.384 e. The van der Waals surface area contributed by atoms with Gasteiger partial charge in [0.1, 0.15) is 0 Å².